The van der Waals surface area contributed by atoms with E-state index in [9.17, 15) is 0 Å². The molecule has 0 atom stereocenters. The molecule has 0 aliphatic carbocycles. The van der Waals surface area contributed by atoms with Gasteiger partial charge in [0.15, 0.2) is 5.82 Å². The highest BCUT2D eigenvalue weighted by molar-refractivity contribution is 5.51. The molecule has 0 amide bonds. The van der Waals surface area contributed by atoms with Gasteiger partial charge >= 0.3 is 0 Å². The summed E-state index contributed by atoms with van der Waals surface area (Å²) in [5.41, 5.74) is 8.17. The van der Waals surface area contributed by atoms with E-state index in [4.69, 9.17) is 10.5 Å². The van der Waals surface area contributed by atoms with E-state index in [0.29, 0.717) is 30.3 Å². The highest BCUT2D eigenvalue weighted by Crippen LogP contribution is 2.19. The van der Waals surface area contributed by atoms with E-state index in [1.807, 2.05) is 38.1 Å². The normalized spacial score (nSPS) is 10.3. The third kappa shape index (κ3) is 2.94. The number of nitrogens with zero attached hydrogens (tertiary/aromatic N) is 3. The number of aryl methyl sites for hydroxylation is 2. The minimum Gasteiger partial charge on any atom is -0.491 e. The van der Waals surface area contributed by atoms with Crippen LogP contribution in [0.3, 0.4) is 0 Å². The van der Waals surface area contributed by atoms with E-state index in [1.54, 1.807) is 0 Å². The molecule has 0 spiro atoms. The number of ether oxygens (including phenoxy) is 1. The topological polar surface area (TPSA) is 73.9 Å². The highest BCUT2D eigenvalue weighted by atomic mass is 16.5. The lowest BCUT2D eigenvalue weighted by Gasteiger charge is -2.08. The molecule has 2 rings (SSSR count). The van der Waals surface area contributed by atoms with Crippen LogP contribution in [-0.2, 0) is 6.42 Å². The molecule has 1 aromatic carbocycles. The number of benzene rings is 1. The number of para-hydroxylation sites is 2. The summed E-state index contributed by atoms with van der Waals surface area (Å²) in [7, 11) is 0. The van der Waals surface area contributed by atoms with Crippen molar-refractivity contribution in [2.24, 2.45) is 0 Å². The van der Waals surface area contributed by atoms with Crippen LogP contribution >= 0.6 is 0 Å². The first-order chi connectivity index (χ1) is 8.66. The van der Waals surface area contributed by atoms with E-state index in [-0.39, 0.29) is 0 Å². The molecule has 0 fully saturated rings. The molecule has 1 aromatic heterocycles. The molecule has 0 saturated carbocycles. The number of nitrogens with two attached hydrogens (primary N) is 1. The number of nitrogen functional groups attached to an aromatic ring is 1. The maximum Gasteiger partial charge on any atom is 0.154 e. The van der Waals surface area contributed by atoms with Crippen LogP contribution in [0, 0.1) is 13.8 Å². The van der Waals surface area contributed by atoms with Crippen molar-refractivity contribution >= 4 is 5.69 Å². The predicted molar refractivity (Wildman–Crippen MR) is 69.4 cm³/mol. The van der Waals surface area contributed by atoms with Gasteiger partial charge in [0, 0.05) is 6.42 Å². The van der Waals surface area contributed by atoms with Crippen molar-refractivity contribution in [3.8, 4) is 5.75 Å². The molecule has 0 unspecified atom stereocenters. The summed E-state index contributed by atoms with van der Waals surface area (Å²) < 4.78 is 5.58. The maximum absolute atomic E-state index is 5.78. The number of hydrogen-bond donors (Lipinski definition) is 1. The fourth-order valence-corrected chi connectivity index (χ4v) is 1.47. The van der Waals surface area contributed by atoms with Gasteiger partial charge in [-0.05, 0) is 26.0 Å². The zero-order valence-corrected chi connectivity index (χ0v) is 10.6. The molecule has 0 aliphatic heterocycles. The molecule has 18 heavy (non-hydrogen) atoms. The summed E-state index contributed by atoms with van der Waals surface area (Å²) >= 11 is 0. The lowest BCUT2D eigenvalue weighted by atomic mass is 10.3. The summed E-state index contributed by atoms with van der Waals surface area (Å²) in [6.45, 7) is 4.29. The monoisotopic (exact) mass is 244 g/mol. The maximum atomic E-state index is 5.78. The van der Waals surface area contributed by atoms with Gasteiger partial charge in [-0.1, -0.05) is 12.1 Å². The summed E-state index contributed by atoms with van der Waals surface area (Å²) in [4.78, 5) is 4.34. The molecule has 2 aromatic rings. The molecular weight excluding hydrogens is 228 g/mol. The van der Waals surface area contributed by atoms with Gasteiger partial charge in [0.25, 0.3) is 0 Å². The molecule has 0 bridgehead atoms. The highest BCUT2D eigenvalue weighted by Gasteiger charge is 2.03. The van der Waals surface area contributed by atoms with Crippen molar-refractivity contribution in [2.45, 2.75) is 20.3 Å². The van der Waals surface area contributed by atoms with Crippen molar-refractivity contribution in [3.05, 3.63) is 41.5 Å². The average molecular weight is 244 g/mol. The second-order valence-electron chi connectivity index (χ2n) is 4.04. The predicted octanol–water partition coefficient (Wildman–Crippen LogP) is 1.69. The lowest BCUT2D eigenvalue weighted by molar-refractivity contribution is 0.319. The zero-order chi connectivity index (χ0) is 13.0. The van der Waals surface area contributed by atoms with Crippen molar-refractivity contribution in [1.29, 1.82) is 0 Å². The molecule has 5 nitrogen and oxygen atoms in total. The third-order valence-electron chi connectivity index (χ3n) is 2.64. The molecule has 5 heteroatoms. The SMILES string of the molecule is Cc1nnc(CCOc2ccccc2N)nc1C. The lowest BCUT2D eigenvalue weighted by Crippen LogP contribution is -2.08. The average Bonchev–Trinajstić information content (AvgIpc) is 2.36. The third-order valence-corrected chi connectivity index (χ3v) is 2.64. The van der Waals surface area contributed by atoms with Gasteiger partial charge in [0.05, 0.1) is 23.7 Å². The van der Waals surface area contributed by atoms with E-state index in [1.165, 1.54) is 0 Å². The fourth-order valence-electron chi connectivity index (χ4n) is 1.47. The van der Waals surface area contributed by atoms with Gasteiger partial charge in [-0.2, -0.15) is 5.10 Å². The Hall–Kier alpha value is -2.17. The van der Waals surface area contributed by atoms with Crippen molar-refractivity contribution in [3.63, 3.8) is 0 Å². The summed E-state index contributed by atoms with van der Waals surface area (Å²) in [5, 5.41) is 8.05. The second-order valence-corrected chi connectivity index (χ2v) is 4.04. The van der Waals surface area contributed by atoms with Gasteiger partial charge in [-0.3, -0.25) is 0 Å². The second kappa shape index (κ2) is 5.44. The molecule has 0 saturated heterocycles. The van der Waals surface area contributed by atoms with Crippen molar-refractivity contribution in [2.75, 3.05) is 12.3 Å². The Morgan fingerprint density at radius 2 is 1.89 bits per heavy atom. The van der Waals surface area contributed by atoms with Crippen LogP contribution in [0.15, 0.2) is 24.3 Å². The van der Waals surface area contributed by atoms with Crippen molar-refractivity contribution in [1.82, 2.24) is 15.2 Å². The van der Waals surface area contributed by atoms with Gasteiger partial charge < -0.3 is 10.5 Å². The van der Waals surface area contributed by atoms with Crippen LogP contribution in [0.25, 0.3) is 0 Å². The van der Waals surface area contributed by atoms with E-state index >= 15 is 0 Å². The molecule has 0 aliphatic rings. The van der Waals surface area contributed by atoms with E-state index in [2.05, 4.69) is 15.2 Å². The Balaban J connectivity index is 1.92. The Bertz CT molecular complexity index is 542. The minimum atomic E-state index is 0.485. The Kier molecular flexibility index (Phi) is 3.72. The number of hydrogen-bond acceptors (Lipinski definition) is 5. The van der Waals surface area contributed by atoms with Gasteiger partial charge in [0.1, 0.15) is 5.75 Å². The number of rotatable bonds is 4. The smallest absolute Gasteiger partial charge is 0.154 e. The Labute approximate surface area is 106 Å². The quantitative estimate of drug-likeness (QED) is 0.828. The minimum absolute atomic E-state index is 0.485. The zero-order valence-electron chi connectivity index (χ0n) is 10.6. The van der Waals surface area contributed by atoms with Crippen LogP contribution in [0.4, 0.5) is 5.69 Å². The van der Waals surface area contributed by atoms with Gasteiger partial charge in [-0.15, -0.1) is 5.10 Å². The molecule has 1 heterocycles. The van der Waals surface area contributed by atoms with Crippen LogP contribution in [-0.4, -0.2) is 21.8 Å². The van der Waals surface area contributed by atoms with Gasteiger partial charge in [-0.25, -0.2) is 4.98 Å². The molecule has 94 valence electrons. The molecule has 0 radical (unpaired) electrons. The van der Waals surface area contributed by atoms with E-state index < -0.39 is 0 Å². The summed E-state index contributed by atoms with van der Waals surface area (Å²) in [6.07, 6.45) is 0.614. The Morgan fingerprint density at radius 3 is 2.61 bits per heavy atom. The number of aromatic nitrogens is 3. The van der Waals surface area contributed by atoms with Crippen LogP contribution in [0.5, 0.6) is 5.75 Å². The largest absolute Gasteiger partial charge is 0.491 e. The summed E-state index contributed by atoms with van der Waals surface area (Å²) in [5.74, 6) is 1.38. The van der Waals surface area contributed by atoms with Crippen LogP contribution < -0.4 is 10.5 Å². The fraction of sp³-hybridized carbons (Fsp3) is 0.308. The first-order valence-electron chi connectivity index (χ1n) is 5.81. The number of anilines is 1. The standard InChI is InChI=1S/C13H16N4O/c1-9-10(2)16-17-13(15-9)7-8-18-12-6-4-3-5-11(12)14/h3-6H,7-8,14H2,1-2H3. The van der Waals surface area contributed by atoms with E-state index in [0.717, 1.165) is 11.4 Å². The molecule has 2 N–H and O–H groups in total. The molecular formula is C13H16N4O. The first-order valence-corrected chi connectivity index (χ1v) is 5.81. The van der Waals surface area contributed by atoms with Crippen molar-refractivity contribution < 1.29 is 4.74 Å². The Morgan fingerprint density at radius 1 is 1.11 bits per heavy atom. The van der Waals surface area contributed by atoms with Crippen LogP contribution in [0.1, 0.15) is 17.2 Å². The van der Waals surface area contributed by atoms with Crippen LogP contribution in [0.2, 0.25) is 0 Å². The summed E-state index contributed by atoms with van der Waals surface area (Å²) in [6, 6.07) is 7.41. The first kappa shape index (κ1) is 12.3. The van der Waals surface area contributed by atoms with Gasteiger partial charge in [0.2, 0.25) is 0 Å².